The van der Waals surface area contributed by atoms with E-state index in [-0.39, 0.29) is 15.6 Å². The predicted octanol–water partition coefficient (Wildman–Crippen LogP) is 3.14. The standard InChI is InChI=1S/C17H11N3O4S2/c21-15(12-8-4-5-9-13(12)20(23)24)18-19-16(22)14(26-17(19)25)10-11-6-2-1-3-7-11/h1-10H,(H,18,21)/b14-10-. The summed E-state index contributed by atoms with van der Waals surface area (Å²) in [6, 6.07) is 14.7. The molecule has 0 bridgehead atoms. The molecule has 0 saturated carbocycles. The van der Waals surface area contributed by atoms with Crippen molar-refractivity contribution < 1.29 is 14.5 Å². The Balaban J connectivity index is 1.82. The molecule has 0 aromatic heterocycles. The number of hydrogen-bond donors (Lipinski definition) is 1. The average Bonchev–Trinajstić information content (AvgIpc) is 2.90. The highest BCUT2D eigenvalue weighted by Gasteiger charge is 2.34. The minimum atomic E-state index is -0.783. The van der Waals surface area contributed by atoms with Gasteiger partial charge in [-0.05, 0) is 29.9 Å². The van der Waals surface area contributed by atoms with E-state index in [0.717, 1.165) is 22.3 Å². The largest absolute Gasteiger partial charge is 0.285 e. The molecule has 26 heavy (non-hydrogen) atoms. The Morgan fingerprint density at radius 1 is 1.15 bits per heavy atom. The first-order chi connectivity index (χ1) is 12.5. The first kappa shape index (κ1) is 17.8. The summed E-state index contributed by atoms with van der Waals surface area (Å²) in [6.07, 6.45) is 1.66. The van der Waals surface area contributed by atoms with Gasteiger partial charge in [0.05, 0.1) is 9.83 Å². The fourth-order valence-corrected chi connectivity index (χ4v) is 3.43. The molecule has 0 atom stereocenters. The Labute approximate surface area is 157 Å². The van der Waals surface area contributed by atoms with Crippen molar-refractivity contribution in [3.8, 4) is 0 Å². The Hall–Kier alpha value is -3.04. The van der Waals surface area contributed by atoms with E-state index in [2.05, 4.69) is 5.43 Å². The zero-order valence-corrected chi connectivity index (χ0v) is 14.8. The number of para-hydroxylation sites is 1. The van der Waals surface area contributed by atoms with Gasteiger partial charge in [-0.3, -0.25) is 25.1 Å². The minimum absolute atomic E-state index is 0.143. The van der Waals surface area contributed by atoms with Gasteiger partial charge in [0.15, 0.2) is 4.32 Å². The van der Waals surface area contributed by atoms with E-state index in [9.17, 15) is 19.7 Å². The van der Waals surface area contributed by atoms with Crippen LogP contribution in [-0.4, -0.2) is 26.1 Å². The second-order valence-corrected chi connectivity index (χ2v) is 6.82. The van der Waals surface area contributed by atoms with Crippen molar-refractivity contribution in [3.63, 3.8) is 0 Å². The number of benzene rings is 2. The van der Waals surface area contributed by atoms with Gasteiger partial charge in [0.1, 0.15) is 5.56 Å². The first-order valence-corrected chi connectivity index (χ1v) is 8.57. The third-order valence-corrected chi connectivity index (χ3v) is 4.75. The summed E-state index contributed by atoms with van der Waals surface area (Å²) >= 11 is 6.19. The Bertz CT molecular complexity index is 944. The van der Waals surface area contributed by atoms with Crippen LogP contribution in [0.5, 0.6) is 0 Å². The molecule has 130 valence electrons. The first-order valence-electron chi connectivity index (χ1n) is 7.35. The van der Waals surface area contributed by atoms with Gasteiger partial charge >= 0.3 is 0 Å². The van der Waals surface area contributed by atoms with Crippen LogP contribution in [0.3, 0.4) is 0 Å². The van der Waals surface area contributed by atoms with Crippen molar-refractivity contribution in [1.82, 2.24) is 10.4 Å². The molecule has 2 amide bonds. The molecule has 1 fully saturated rings. The van der Waals surface area contributed by atoms with Crippen molar-refractivity contribution in [1.29, 1.82) is 0 Å². The van der Waals surface area contributed by atoms with Crippen LogP contribution in [0, 0.1) is 10.1 Å². The fraction of sp³-hybridized carbons (Fsp3) is 0. The highest BCUT2D eigenvalue weighted by Crippen LogP contribution is 2.31. The molecular formula is C17H11N3O4S2. The Morgan fingerprint density at radius 2 is 1.81 bits per heavy atom. The number of carbonyl (C=O) groups is 2. The molecule has 2 aromatic rings. The summed E-state index contributed by atoms with van der Waals surface area (Å²) in [6.45, 7) is 0. The van der Waals surface area contributed by atoms with Crippen molar-refractivity contribution in [2.24, 2.45) is 0 Å². The monoisotopic (exact) mass is 385 g/mol. The number of thioether (sulfide) groups is 1. The Kier molecular flexibility index (Phi) is 5.10. The second-order valence-electron chi connectivity index (χ2n) is 5.14. The number of amides is 2. The number of nitro benzene ring substituents is 1. The fourth-order valence-electron chi connectivity index (χ4n) is 2.25. The van der Waals surface area contributed by atoms with Crippen molar-refractivity contribution in [2.75, 3.05) is 0 Å². The van der Waals surface area contributed by atoms with Gasteiger partial charge in [-0.15, -0.1) is 0 Å². The van der Waals surface area contributed by atoms with Crippen LogP contribution < -0.4 is 5.43 Å². The molecule has 0 spiro atoms. The van der Waals surface area contributed by atoms with E-state index in [1.165, 1.54) is 24.3 Å². The van der Waals surface area contributed by atoms with Crippen molar-refractivity contribution in [3.05, 3.63) is 80.7 Å². The van der Waals surface area contributed by atoms with Crippen molar-refractivity contribution in [2.45, 2.75) is 0 Å². The van der Waals surface area contributed by atoms with Crippen LogP contribution in [0.15, 0.2) is 59.5 Å². The van der Waals surface area contributed by atoms with Crippen LogP contribution in [0.4, 0.5) is 5.69 Å². The van der Waals surface area contributed by atoms with Gasteiger partial charge in [-0.25, -0.2) is 0 Å². The third kappa shape index (κ3) is 3.63. The lowest BCUT2D eigenvalue weighted by molar-refractivity contribution is -0.385. The molecule has 1 heterocycles. The third-order valence-electron chi connectivity index (χ3n) is 3.45. The summed E-state index contributed by atoms with van der Waals surface area (Å²) < 4.78 is 0.143. The normalized spacial score (nSPS) is 15.4. The van der Waals surface area contributed by atoms with E-state index >= 15 is 0 Å². The topological polar surface area (TPSA) is 92.6 Å². The van der Waals surface area contributed by atoms with Gasteiger partial charge < -0.3 is 0 Å². The van der Waals surface area contributed by atoms with Crippen molar-refractivity contribution >= 4 is 51.9 Å². The SMILES string of the molecule is O=C(NN1C(=O)/C(=C/c2ccccc2)SC1=S)c1ccccc1[N+](=O)[O-]. The maximum absolute atomic E-state index is 12.5. The summed E-state index contributed by atoms with van der Waals surface area (Å²) in [4.78, 5) is 35.6. The van der Waals surface area contributed by atoms with E-state index < -0.39 is 16.7 Å². The smallest absolute Gasteiger partial charge is 0.267 e. The van der Waals surface area contributed by atoms with Gasteiger partial charge in [0, 0.05) is 6.07 Å². The molecule has 1 aliphatic heterocycles. The number of hydrazine groups is 1. The zero-order chi connectivity index (χ0) is 18.7. The highest BCUT2D eigenvalue weighted by molar-refractivity contribution is 8.26. The summed E-state index contributed by atoms with van der Waals surface area (Å²) in [5.41, 5.74) is 2.66. The number of nitrogens with zero attached hydrogens (tertiary/aromatic N) is 2. The van der Waals surface area contributed by atoms with Gasteiger partial charge in [-0.1, -0.05) is 54.2 Å². The van der Waals surface area contributed by atoms with Crippen LogP contribution in [0.2, 0.25) is 0 Å². The molecule has 0 radical (unpaired) electrons. The maximum atomic E-state index is 12.5. The van der Waals surface area contributed by atoms with Gasteiger partial charge in [0.25, 0.3) is 17.5 Å². The average molecular weight is 385 g/mol. The Morgan fingerprint density at radius 3 is 2.50 bits per heavy atom. The zero-order valence-electron chi connectivity index (χ0n) is 13.1. The second kappa shape index (κ2) is 7.46. The van der Waals surface area contributed by atoms with E-state index in [1.54, 1.807) is 6.08 Å². The van der Waals surface area contributed by atoms with Crippen LogP contribution in [0.25, 0.3) is 6.08 Å². The minimum Gasteiger partial charge on any atom is -0.267 e. The molecular weight excluding hydrogens is 374 g/mol. The van der Waals surface area contributed by atoms with Crippen LogP contribution in [-0.2, 0) is 4.79 Å². The van der Waals surface area contributed by atoms with Crippen LogP contribution in [0.1, 0.15) is 15.9 Å². The number of nitro groups is 1. The quantitative estimate of drug-likeness (QED) is 0.376. The maximum Gasteiger partial charge on any atom is 0.285 e. The lowest BCUT2D eigenvalue weighted by atomic mass is 10.2. The van der Waals surface area contributed by atoms with E-state index in [1.807, 2.05) is 30.3 Å². The summed E-state index contributed by atoms with van der Waals surface area (Å²) in [5, 5.41) is 12.0. The lowest BCUT2D eigenvalue weighted by Gasteiger charge is -2.15. The van der Waals surface area contributed by atoms with Crippen LogP contribution >= 0.6 is 24.0 Å². The summed E-state index contributed by atoms with van der Waals surface area (Å²) in [5.74, 6) is -1.27. The van der Waals surface area contributed by atoms with Gasteiger partial charge in [-0.2, -0.15) is 5.01 Å². The van der Waals surface area contributed by atoms with E-state index in [0.29, 0.717) is 4.91 Å². The number of hydrogen-bond acceptors (Lipinski definition) is 6. The number of thiocarbonyl (C=S) groups is 1. The number of carbonyl (C=O) groups excluding carboxylic acids is 2. The predicted molar refractivity (Wildman–Crippen MR) is 102 cm³/mol. The molecule has 7 nitrogen and oxygen atoms in total. The molecule has 2 aromatic carbocycles. The molecule has 1 aliphatic rings. The number of rotatable bonds is 4. The lowest BCUT2D eigenvalue weighted by Crippen LogP contribution is -2.45. The molecule has 9 heteroatoms. The summed E-state index contributed by atoms with van der Waals surface area (Å²) in [7, 11) is 0. The molecule has 1 saturated heterocycles. The highest BCUT2D eigenvalue weighted by atomic mass is 32.2. The molecule has 1 N–H and O–H groups in total. The van der Waals surface area contributed by atoms with E-state index in [4.69, 9.17) is 12.2 Å². The number of nitrogens with one attached hydrogen (secondary N) is 1. The van der Waals surface area contributed by atoms with Gasteiger partial charge in [0.2, 0.25) is 0 Å². The molecule has 3 rings (SSSR count). The molecule has 0 unspecified atom stereocenters. The molecule has 0 aliphatic carbocycles.